The van der Waals surface area contributed by atoms with Crippen molar-refractivity contribution in [3.8, 4) is 0 Å². The molecule has 0 spiro atoms. The van der Waals surface area contributed by atoms with Gasteiger partial charge in [0.05, 0.1) is 0 Å². The summed E-state index contributed by atoms with van der Waals surface area (Å²) in [6.45, 7) is 0. The number of carboxylic acids is 1. The summed E-state index contributed by atoms with van der Waals surface area (Å²) in [4.78, 5) is 21.8. The number of hydrogen-bond donors (Lipinski definition) is 1. The van der Waals surface area contributed by atoms with E-state index in [-0.39, 0.29) is 12.2 Å². The van der Waals surface area contributed by atoms with E-state index in [2.05, 4.69) is 24.3 Å². The molecule has 0 aromatic heterocycles. The summed E-state index contributed by atoms with van der Waals surface area (Å²) in [5, 5.41) is 8.56. The van der Waals surface area contributed by atoms with Crippen molar-refractivity contribution >= 4 is 11.8 Å². The lowest BCUT2D eigenvalue weighted by Crippen LogP contribution is -2.15. The molecule has 0 bridgehead atoms. The normalized spacial score (nSPS) is 22.4. The maximum atomic E-state index is 11.4. The number of carboxylic acid groups (broad SMARTS) is 1. The molecule has 20 heavy (non-hydrogen) atoms. The molecule has 108 valence electrons. The summed E-state index contributed by atoms with van der Waals surface area (Å²) in [6, 6.07) is 10.6. The molecule has 1 aromatic carbocycles. The molecular formula is C17H22O3. The van der Waals surface area contributed by atoms with Crippen molar-refractivity contribution in [2.24, 2.45) is 5.92 Å². The molecule has 1 saturated carbocycles. The summed E-state index contributed by atoms with van der Waals surface area (Å²) in [5.74, 6) is 0.0975. The van der Waals surface area contributed by atoms with Gasteiger partial charge >= 0.3 is 5.97 Å². The zero-order valence-electron chi connectivity index (χ0n) is 11.8. The lowest BCUT2D eigenvalue weighted by Gasteiger charge is -2.28. The molecular weight excluding hydrogens is 252 g/mol. The maximum absolute atomic E-state index is 11.4. The van der Waals surface area contributed by atoms with Gasteiger partial charge in [0.25, 0.3) is 0 Å². The molecule has 0 aliphatic heterocycles. The first-order chi connectivity index (χ1) is 9.65. The molecule has 0 amide bonds. The molecule has 0 unspecified atom stereocenters. The van der Waals surface area contributed by atoms with Crippen molar-refractivity contribution in [1.82, 2.24) is 0 Å². The van der Waals surface area contributed by atoms with Crippen molar-refractivity contribution < 1.29 is 14.7 Å². The Balaban J connectivity index is 1.72. The van der Waals surface area contributed by atoms with Gasteiger partial charge in [0.15, 0.2) is 0 Å². The van der Waals surface area contributed by atoms with Gasteiger partial charge in [0.2, 0.25) is 0 Å². The average molecular weight is 274 g/mol. The van der Waals surface area contributed by atoms with Crippen LogP contribution >= 0.6 is 0 Å². The zero-order chi connectivity index (χ0) is 14.4. The summed E-state index contributed by atoms with van der Waals surface area (Å²) in [7, 11) is 0. The second-order valence-electron chi connectivity index (χ2n) is 5.78. The lowest BCUT2D eigenvalue weighted by molar-refractivity contribution is -0.140. The van der Waals surface area contributed by atoms with E-state index in [0.717, 1.165) is 19.3 Å². The minimum atomic E-state index is -1.01. The van der Waals surface area contributed by atoms with Crippen LogP contribution in [-0.2, 0) is 9.59 Å². The van der Waals surface area contributed by atoms with Gasteiger partial charge in [0.1, 0.15) is 12.2 Å². The molecule has 0 saturated heterocycles. The van der Waals surface area contributed by atoms with Crippen LogP contribution in [0.1, 0.15) is 56.4 Å². The van der Waals surface area contributed by atoms with Crippen LogP contribution in [0.4, 0.5) is 0 Å². The van der Waals surface area contributed by atoms with E-state index in [0.29, 0.717) is 18.3 Å². The highest BCUT2D eigenvalue weighted by atomic mass is 16.4. The molecule has 0 heterocycles. The van der Waals surface area contributed by atoms with Gasteiger partial charge in [0, 0.05) is 6.42 Å². The van der Waals surface area contributed by atoms with E-state index in [4.69, 9.17) is 5.11 Å². The van der Waals surface area contributed by atoms with E-state index in [1.807, 2.05) is 6.07 Å². The molecule has 2 rings (SSSR count). The van der Waals surface area contributed by atoms with Crippen LogP contribution < -0.4 is 0 Å². The van der Waals surface area contributed by atoms with Crippen LogP contribution in [0.5, 0.6) is 0 Å². The number of ketones is 1. The largest absolute Gasteiger partial charge is 0.481 e. The fraction of sp³-hybridized carbons (Fsp3) is 0.529. The van der Waals surface area contributed by atoms with Crippen LogP contribution in [0.25, 0.3) is 0 Å². The highest BCUT2D eigenvalue weighted by molar-refractivity contribution is 5.94. The van der Waals surface area contributed by atoms with Gasteiger partial charge in [-0.05, 0) is 49.5 Å². The topological polar surface area (TPSA) is 54.4 Å². The Morgan fingerprint density at radius 2 is 1.70 bits per heavy atom. The molecule has 1 N–H and O–H groups in total. The Morgan fingerprint density at radius 1 is 1.05 bits per heavy atom. The summed E-state index contributed by atoms with van der Waals surface area (Å²) < 4.78 is 0. The predicted molar refractivity (Wildman–Crippen MR) is 77.6 cm³/mol. The van der Waals surface area contributed by atoms with E-state index in [1.165, 1.54) is 18.4 Å². The summed E-state index contributed by atoms with van der Waals surface area (Å²) in [6.07, 6.45) is 5.63. The summed E-state index contributed by atoms with van der Waals surface area (Å²) >= 11 is 0. The van der Waals surface area contributed by atoms with E-state index in [9.17, 15) is 9.59 Å². The number of rotatable bonds is 6. The van der Waals surface area contributed by atoms with Crippen molar-refractivity contribution in [1.29, 1.82) is 0 Å². The molecule has 0 radical (unpaired) electrons. The highest BCUT2D eigenvalue weighted by Crippen LogP contribution is 2.37. The second-order valence-corrected chi connectivity index (χ2v) is 5.78. The van der Waals surface area contributed by atoms with Gasteiger partial charge < -0.3 is 5.11 Å². The number of carbonyl (C=O) groups excluding carboxylic acids is 1. The van der Waals surface area contributed by atoms with Crippen LogP contribution in [0, 0.1) is 5.92 Å². The maximum Gasteiger partial charge on any atom is 0.310 e. The smallest absolute Gasteiger partial charge is 0.310 e. The van der Waals surface area contributed by atoms with Crippen LogP contribution in [-0.4, -0.2) is 16.9 Å². The number of aliphatic carboxylic acids is 1. The van der Waals surface area contributed by atoms with Gasteiger partial charge in [-0.3, -0.25) is 9.59 Å². The van der Waals surface area contributed by atoms with Crippen LogP contribution in [0.15, 0.2) is 30.3 Å². The molecule has 1 aliphatic rings. The lowest BCUT2D eigenvalue weighted by atomic mass is 9.77. The number of hydrogen-bond acceptors (Lipinski definition) is 2. The highest BCUT2D eigenvalue weighted by Gasteiger charge is 2.22. The van der Waals surface area contributed by atoms with Gasteiger partial charge in [-0.2, -0.15) is 0 Å². The first-order valence-corrected chi connectivity index (χ1v) is 7.43. The van der Waals surface area contributed by atoms with Crippen molar-refractivity contribution in [2.75, 3.05) is 0 Å². The van der Waals surface area contributed by atoms with E-state index < -0.39 is 5.97 Å². The predicted octanol–water partition coefficient (Wildman–Crippen LogP) is 3.78. The third kappa shape index (κ3) is 4.48. The van der Waals surface area contributed by atoms with Crippen molar-refractivity contribution in [3.05, 3.63) is 35.9 Å². The van der Waals surface area contributed by atoms with E-state index >= 15 is 0 Å². The Morgan fingerprint density at radius 3 is 2.30 bits per heavy atom. The van der Waals surface area contributed by atoms with Gasteiger partial charge in [-0.25, -0.2) is 0 Å². The minimum absolute atomic E-state index is 0.136. The molecule has 3 nitrogen and oxygen atoms in total. The number of carbonyl (C=O) groups is 2. The average Bonchev–Trinajstić information content (AvgIpc) is 2.46. The number of Topliss-reactive ketones (excluding diaryl/α,β-unsaturated/α-hetero) is 1. The Bertz CT molecular complexity index is 445. The Labute approximate surface area is 120 Å². The van der Waals surface area contributed by atoms with Crippen LogP contribution in [0.2, 0.25) is 0 Å². The Hall–Kier alpha value is -1.64. The third-order valence-corrected chi connectivity index (χ3v) is 4.30. The molecule has 1 fully saturated rings. The quantitative estimate of drug-likeness (QED) is 0.803. The molecule has 3 heteroatoms. The first kappa shape index (κ1) is 14.8. The zero-order valence-corrected chi connectivity index (χ0v) is 11.8. The molecule has 0 atom stereocenters. The monoisotopic (exact) mass is 274 g/mol. The van der Waals surface area contributed by atoms with Crippen molar-refractivity contribution in [3.63, 3.8) is 0 Å². The standard InChI is InChI=1S/C17H22O3/c18-16(12-17(19)20)11-8-13-6-9-15(10-7-13)14-4-2-1-3-5-14/h1-5,13,15H,6-12H2,(H,19,20). The molecule has 1 aromatic rings. The van der Waals surface area contributed by atoms with Crippen molar-refractivity contribution in [2.45, 2.75) is 50.9 Å². The van der Waals surface area contributed by atoms with Gasteiger partial charge in [-0.15, -0.1) is 0 Å². The fourth-order valence-corrected chi connectivity index (χ4v) is 3.13. The molecule has 1 aliphatic carbocycles. The van der Waals surface area contributed by atoms with Gasteiger partial charge in [-0.1, -0.05) is 30.3 Å². The summed E-state index contributed by atoms with van der Waals surface area (Å²) in [5.41, 5.74) is 1.42. The van der Waals surface area contributed by atoms with Crippen LogP contribution in [0.3, 0.4) is 0 Å². The minimum Gasteiger partial charge on any atom is -0.481 e. The third-order valence-electron chi connectivity index (χ3n) is 4.30. The Kier molecular flexibility index (Phi) is 5.33. The SMILES string of the molecule is O=C(O)CC(=O)CCC1CCC(c2ccccc2)CC1. The fourth-order valence-electron chi connectivity index (χ4n) is 3.13. The second kappa shape index (κ2) is 7.22. The first-order valence-electron chi connectivity index (χ1n) is 7.43. The van der Waals surface area contributed by atoms with E-state index in [1.54, 1.807) is 0 Å². The number of benzene rings is 1.